The Bertz CT molecular complexity index is 1070. The van der Waals surface area contributed by atoms with E-state index in [4.69, 9.17) is 4.74 Å². The lowest BCUT2D eigenvalue weighted by Crippen LogP contribution is -2.48. The first-order chi connectivity index (χ1) is 15.2. The fourth-order valence-corrected chi connectivity index (χ4v) is 4.16. The first-order valence-corrected chi connectivity index (χ1v) is 11.2. The SMILES string of the molecule is CCCOc1ccccc1N1CCN(CC(C)Cn2nnc3ccccc3c2=O)CC1.Cl. The molecule has 0 bridgehead atoms. The lowest BCUT2D eigenvalue weighted by Gasteiger charge is -2.37. The van der Waals surface area contributed by atoms with E-state index in [0.29, 0.717) is 23.4 Å². The first-order valence-electron chi connectivity index (χ1n) is 11.2. The van der Waals surface area contributed by atoms with Gasteiger partial charge in [0.2, 0.25) is 0 Å². The van der Waals surface area contributed by atoms with Crippen LogP contribution in [0.3, 0.4) is 0 Å². The van der Waals surface area contributed by atoms with Gasteiger partial charge in [0.15, 0.2) is 0 Å². The summed E-state index contributed by atoms with van der Waals surface area (Å²) in [5, 5.41) is 8.96. The molecule has 1 fully saturated rings. The summed E-state index contributed by atoms with van der Waals surface area (Å²) in [6.07, 6.45) is 1.00. The summed E-state index contributed by atoms with van der Waals surface area (Å²) >= 11 is 0. The molecular weight excluding hydrogens is 426 g/mol. The Labute approximate surface area is 195 Å². The Morgan fingerprint density at radius 1 is 1.00 bits per heavy atom. The minimum atomic E-state index is -0.0639. The largest absolute Gasteiger partial charge is 0.491 e. The molecule has 1 unspecified atom stereocenters. The van der Waals surface area contributed by atoms with Crippen LogP contribution in [-0.2, 0) is 6.54 Å². The quantitative estimate of drug-likeness (QED) is 0.516. The highest BCUT2D eigenvalue weighted by atomic mass is 35.5. The van der Waals surface area contributed by atoms with Crippen LogP contribution in [0.15, 0.2) is 53.3 Å². The van der Waals surface area contributed by atoms with E-state index in [1.807, 2.05) is 30.3 Å². The number of anilines is 1. The van der Waals surface area contributed by atoms with Crippen molar-refractivity contribution >= 4 is 29.0 Å². The van der Waals surface area contributed by atoms with Gasteiger partial charge in [-0.25, -0.2) is 4.68 Å². The second kappa shape index (κ2) is 11.3. The Hall–Kier alpha value is -2.64. The van der Waals surface area contributed by atoms with Crippen LogP contribution in [0.1, 0.15) is 20.3 Å². The fourth-order valence-electron chi connectivity index (χ4n) is 4.16. The molecule has 0 spiro atoms. The van der Waals surface area contributed by atoms with Crippen molar-refractivity contribution in [3.8, 4) is 5.75 Å². The van der Waals surface area contributed by atoms with E-state index in [1.54, 1.807) is 0 Å². The molecule has 32 heavy (non-hydrogen) atoms. The van der Waals surface area contributed by atoms with Crippen molar-refractivity contribution < 1.29 is 4.74 Å². The van der Waals surface area contributed by atoms with Gasteiger partial charge in [-0.3, -0.25) is 9.69 Å². The van der Waals surface area contributed by atoms with Gasteiger partial charge in [0.05, 0.1) is 24.2 Å². The summed E-state index contributed by atoms with van der Waals surface area (Å²) in [5.74, 6) is 1.28. The maximum atomic E-state index is 12.7. The van der Waals surface area contributed by atoms with Crippen LogP contribution in [0.4, 0.5) is 5.69 Å². The zero-order valence-electron chi connectivity index (χ0n) is 18.8. The average molecular weight is 458 g/mol. The zero-order chi connectivity index (χ0) is 21.6. The highest BCUT2D eigenvalue weighted by molar-refractivity contribution is 5.85. The Balaban J connectivity index is 0.00000289. The molecule has 4 rings (SSSR count). The van der Waals surface area contributed by atoms with E-state index >= 15 is 0 Å². The van der Waals surface area contributed by atoms with E-state index in [1.165, 1.54) is 10.4 Å². The van der Waals surface area contributed by atoms with Crippen LogP contribution in [-0.4, -0.2) is 59.2 Å². The summed E-state index contributed by atoms with van der Waals surface area (Å²) < 4.78 is 7.44. The molecule has 0 saturated carbocycles. The van der Waals surface area contributed by atoms with Gasteiger partial charge in [0.1, 0.15) is 11.3 Å². The summed E-state index contributed by atoms with van der Waals surface area (Å²) in [5.41, 5.74) is 1.77. The number of piperazine rings is 1. The standard InChI is InChI=1S/C24H31N5O2.ClH/c1-3-16-31-23-11-7-6-10-22(23)28-14-12-27(13-15-28)17-19(2)18-29-24(30)20-8-4-5-9-21(20)25-26-29;/h4-11,19H,3,12-18H2,1-2H3;1H. The molecule has 7 nitrogen and oxygen atoms in total. The predicted octanol–water partition coefficient (Wildman–Crippen LogP) is 3.46. The molecule has 1 aliphatic heterocycles. The molecular formula is C24H32ClN5O2. The van der Waals surface area contributed by atoms with Gasteiger partial charge in [0, 0.05) is 32.7 Å². The van der Waals surface area contributed by atoms with E-state index in [-0.39, 0.29) is 18.0 Å². The second-order valence-corrected chi connectivity index (χ2v) is 8.30. The second-order valence-electron chi connectivity index (χ2n) is 8.30. The number of aromatic nitrogens is 3. The number of para-hydroxylation sites is 2. The number of hydrogen-bond acceptors (Lipinski definition) is 6. The van der Waals surface area contributed by atoms with Crippen LogP contribution < -0.4 is 15.2 Å². The number of hydrogen-bond donors (Lipinski definition) is 0. The molecule has 0 aliphatic carbocycles. The van der Waals surface area contributed by atoms with Crippen molar-refractivity contribution in [3.63, 3.8) is 0 Å². The molecule has 8 heteroatoms. The Kier molecular flexibility index (Phi) is 8.47. The van der Waals surface area contributed by atoms with Crippen LogP contribution in [0.5, 0.6) is 5.75 Å². The monoisotopic (exact) mass is 457 g/mol. The zero-order valence-corrected chi connectivity index (χ0v) is 19.6. The van der Waals surface area contributed by atoms with Crippen molar-refractivity contribution in [1.82, 2.24) is 19.9 Å². The predicted molar refractivity (Wildman–Crippen MR) is 131 cm³/mol. The van der Waals surface area contributed by atoms with Gasteiger partial charge in [-0.15, -0.1) is 17.5 Å². The van der Waals surface area contributed by atoms with E-state index < -0.39 is 0 Å². The molecule has 1 atom stereocenters. The third-order valence-corrected chi connectivity index (χ3v) is 5.72. The normalized spacial score (nSPS) is 15.4. The third-order valence-electron chi connectivity index (χ3n) is 5.72. The summed E-state index contributed by atoms with van der Waals surface area (Å²) in [4.78, 5) is 17.6. The smallest absolute Gasteiger partial charge is 0.277 e. The van der Waals surface area contributed by atoms with Crippen LogP contribution in [0.2, 0.25) is 0 Å². The number of halogens is 1. The summed E-state index contributed by atoms with van der Waals surface area (Å²) in [6, 6.07) is 15.7. The Morgan fingerprint density at radius 3 is 2.50 bits per heavy atom. The Morgan fingerprint density at radius 2 is 1.72 bits per heavy atom. The fraction of sp³-hybridized carbons (Fsp3) is 0.458. The highest BCUT2D eigenvalue weighted by Gasteiger charge is 2.21. The lowest BCUT2D eigenvalue weighted by atomic mass is 10.1. The first kappa shape index (κ1) is 24.0. The molecule has 1 saturated heterocycles. The van der Waals surface area contributed by atoms with Crippen molar-refractivity contribution in [2.24, 2.45) is 5.92 Å². The molecule has 0 radical (unpaired) electrons. The van der Waals surface area contributed by atoms with Gasteiger partial charge in [-0.05, 0) is 36.6 Å². The van der Waals surface area contributed by atoms with E-state index in [0.717, 1.165) is 51.5 Å². The summed E-state index contributed by atoms with van der Waals surface area (Å²) in [7, 11) is 0. The van der Waals surface area contributed by atoms with Gasteiger partial charge in [-0.2, -0.15) is 0 Å². The van der Waals surface area contributed by atoms with Crippen LogP contribution in [0.25, 0.3) is 10.9 Å². The molecule has 3 aromatic rings. The molecule has 172 valence electrons. The van der Waals surface area contributed by atoms with Crippen molar-refractivity contribution in [2.45, 2.75) is 26.8 Å². The van der Waals surface area contributed by atoms with Crippen LogP contribution in [0, 0.1) is 5.92 Å². The molecule has 0 N–H and O–H groups in total. The topological polar surface area (TPSA) is 63.5 Å². The average Bonchev–Trinajstić information content (AvgIpc) is 2.80. The maximum absolute atomic E-state index is 12.7. The minimum absolute atomic E-state index is 0. The van der Waals surface area contributed by atoms with Gasteiger partial charge in [-0.1, -0.05) is 43.3 Å². The van der Waals surface area contributed by atoms with Gasteiger partial charge >= 0.3 is 0 Å². The van der Waals surface area contributed by atoms with Crippen molar-refractivity contribution in [2.75, 3.05) is 44.2 Å². The number of fused-ring (bicyclic) bond motifs is 1. The molecule has 1 aliphatic rings. The molecule has 2 heterocycles. The van der Waals surface area contributed by atoms with E-state index in [9.17, 15) is 4.79 Å². The number of ether oxygens (including phenoxy) is 1. The lowest BCUT2D eigenvalue weighted by molar-refractivity contribution is 0.210. The summed E-state index contributed by atoms with van der Waals surface area (Å²) in [6.45, 7) is 10.5. The highest BCUT2D eigenvalue weighted by Crippen LogP contribution is 2.29. The van der Waals surface area contributed by atoms with Crippen molar-refractivity contribution in [3.05, 3.63) is 58.9 Å². The maximum Gasteiger partial charge on any atom is 0.277 e. The third kappa shape index (κ3) is 5.58. The van der Waals surface area contributed by atoms with E-state index in [2.05, 4.69) is 52.2 Å². The van der Waals surface area contributed by atoms with Crippen molar-refractivity contribution in [1.29, 1.82) is 0 Å². The number of nitrogens with zero attached hydrogens (tertiary/aromatic N) is 5. The van der Waals surface area contributed by atoms with Crippen LogP contribution >= 0.6 is 12.4 Å². The molecule has 0 amide bonds. The van der Waals surface area contributed by atoms with Gasteiger partial charge < -0.3 is 9.64 Å². The molecule has 2 aromatic carbocycles. The number of rotatable bonds is 8. The molecule has 1 aromatic heterocycles. The number of benzene rings is 2. The van der Waals surface area contributed by atoms with Gasteiger partial charge in [0.25, 0.3) is 5.56 Å². The minimum Gasteiger partial charge on any atom is -0.491 e.